The fourth-order valence-electron chi connectivity index (χ4n) is 2.67. The normalized spacial score (nSPS) is 13.8. The minimum absolute atomic E-state index is 0.339. The summed E-state index contributed by atoms with van der Waals surface area (Å²) in [5, 5.41) is 20.5. The molecule has 4 rings (SSSR count). The summed E-state index contributed by atoms with van der Waals surface area (Å²) in [5.74, 6) is 1.11. The molecule has 0 spiro atoms. The van der Waals surface area contributed by atoms with Gasteiger partial charge in [0, 0.05) is 23.1 Å². The molecule has 0 radical (unpaired) electrons. The molecule has 0 amide bonds. The van der Waals surface area contributed by atoms with Crippen LogP contribution < -0.4 is 0 Å². The Kier molecular flexibility index (Phi) is 4.55. The quantitative estimate of drug-likeness (QED) is 0.597. The molecule has 7 heteroatoms. The van der Waals surface area contributed by atoms with Crippen LogP contribution in [0.1, 0.15) is 40.7 Å². The van der Waals surface area contributed by atoms with Crippen molar-refractivity contribution in [3.8, 4) is 6.07 Å². The van der Waals surface area contributed by atoms with E-state index in [1.807, 2.05) is 12.1 Å². The van der Waals surface area contributed by atoms with Crippen LogP contribution in [0.5, 0.6) is 0 Å². The Hall–Kier alpha value is -2.17. The van der Waals surface area contributed by atoms with E-state index in [-0.39, 0.29) is 5.82 Å². The lowest BCUT2D eigenvalue weighted by Gasteiger charge is -2.08. The number of hydrogen-bond acceptors (Lipinski definition) is 5. The van der Waals surface area contributed by atoms with Crippen molar-refractivity contribution < 1.29 is 4.39 Å². The van der Waals surface area contributed by atoms with Crippen LogP contribution in [0.4, 0.5) is 4.39 Å². The molecule has 0 bridgehead atoms. The van der Waals surface area contributed by atoms with Crippen molar-refractivity contribution in [1.82, 2.24) is 14.8 Å². The zero-order valence-corrected chi connectivity index (χ0v) is 15.0. The molecular weight excluding hydrogens is 355 g/mol. The first-order valence-electron chi connectivity index (χ1n) is 8.02. The van der Waals surface area contributed by atoms with Crippen LogP contribution in [0.3, 0.4) is 0 Å². The second-order valence-corrected chi connectivity index (χ2v) is 7.94. The van der Waals surface area contributed by atoms with Crippen LogP contribution in [0.15, 0.2) is 40.9 Å². The summed E-state index contributed by atoms with van der Waals surface area (Å²) in [5.41, 5.74) is 0.916. The average molecular weight is 370 g/mol. The summed E-state index contributed by atoms with van der Waals surface area (Å²) in [6.45, 7) is 0. The van der Waals surface area contributed by atoms with Gasteiger partial charge in [-0.3, -0.25) is 0 Å². The molecule has 1 fully saturated rings. The van der Waals surface area contributed by atoms with Crippen molar-refractivity contribution >= 4 is 23.1 Å². The maximum Gasteiger partial charge on any atom is 0.191 e. The van der Waals surface area contributed by atoms with Crippen molar-refractivity contribution in [1.29, 1.82) is 5.26 Å². The van der Waals surface area contributed by atoms with Gasteiger partial charge in [-0.15, -0.1) is 21.5 Å². The van der Waals surface area contributed by atoms with Gasteiger partial charge in [0.25, 0.3) is 0 Å². The minimum atomic E-state index is -0.345. The number of rotatable bonds is 6. The number of aromatic nitrogens is 3. The van der Waals surface area contributed by atoms with Gasteiger partial charge in [-0.25, -0.2) is 4.39 Å². The highest BCUT2D eigenvalue weighted by atomic mass is 32.2. The van der Waals surface area contributed by atoms with E-state index in [1.165, 1.54) is 22.7 Å². The molecule has 1 aromatic carbocycles. The van der Waals surface area contributed by atoms with Crippen LogP contribution >= 0.6 is 23.1 Å². The zero-order chi connectivity index (χ0) is 17.2. The lowest BCUT2D eigenvalue weighted by Crippen LogP contribution is -2.03. The average Bonchev–Trinajstić information content (AvgIpc) is 3.17. The fraction of sp³-hybridized carbons (Fsp3) is 0.278. The van der Waals surface area contributed by atoms with Crippen molar-refractivity contribution in [2.45, 2.75) is 36.2 Å². The number of halogens is 1. The van der Waals surface area contributed by atoms with Crippen LogP contribution in [0.25, 0.3) is 0 Å². The molecule has 0 unspecified atom stereocenters. The maximum absolute atomic E-state index is 14.1. The predicted molar refractivity (Wildman–Crippen MR) is 96.1 cm³/mol. The molecule has 1 aliphatic carbocycles. The topological polar surface area (TPSA) is 54.5 Å². The van der Waals surface area contributed by atoms with E-state index in [0.717, 1.165) is 30.2 Å². The van der Waals surface area contributed by atoms with Crippen molar-refractivity contribution in [2.24, 2.45) is 0 Å². The summed E-state index contributed by atoms with van der Waals surface area (Å²) in [6.07, 6.45) is 3.08. The highest BCUT2D eigenvalue weighted by molar-refractivity contribution is 7.98. The lowest BCUT2D eigenvalue weighted by molar-refractivity contribution is 0.615. The summed E-state index contributed by atoms with van der Waals surface area (Å²) >= 11 is 3.22. The molecular formula is C18H15FN4S2. The van der Waals surface area contributed by atoms with Crippen molar-refractivity contribution in [2.75, 3.05) is 0 Å². The molecule has 126 valence electrons. The van der Waals surface area contributed by atoms with Gasteiger partial charge in [0.15, 0.2) is 5.16 Å². The van der Waals surface area contributed by atoms with Gasteiger partial charge in [0.2, 0.25) is 0 Å². The summed E-state index contributed by atoms with van der Waals surface area (Å²) < 4.78 is 16.3. The molecule has 0 N–H and O–H groups in total. The smallest absolute Gasteiger partial charge is 0.191 e. The minimum Gasteiger partial charge on any atom is -0.303 e. The third kappa shape index (κ3) is 3.60. The molecule has 25 heavy (non-hydrogen) atoms. The fourth-order valence-corrected chi connectivity index (χ4v) is 4.38. The lowest BCUT2D eigenvalue weighted by atomic mass is 10.1. The number of nitrogens with zero attached hydrogens (tertiary/aromatic N) is 4. The SMILES string of the molecule is N#Cc1ccc(CSc2nnc(Cc3cccs3)n2C2CC2)c(F)c1. The van der Waals surface area contributed by atoms with Gasteiger partial charge in [-0.1, -0.05) is 23.9 Å². The second-order valence-electron chi connectivity index (χ2n) is 5.96. The van der Waals surface area contributed by atoms with Crippen LogP contribution in [-0.2, 0) is 12.2 Å². The molecule has 4 nitrogen and oxygen atoms in total. The van der Waals surface area contributed by atoms with Crippen LogP contribution in [-0.4, -0.2) is 14.8 Å². The van der Waals surface area contributed by atoms with Gasteiger partial charge < -0.3 is 4.57 Å². The molecule has 2 heterocycles. The molecule has 0 atom stereocenters. The van der Waals surface area contributed by atoms with Gasteiger partial charge in [-0.05, 0) is 42.0 Å². The Morgan fingerprint density at radius 3 is 2.88 bits per heavy atom. The highest BCUT2D eigenvalue weighted by Crippen LogP contribution is 2.40. The predicted octanol–water partition coefficient (Wildman–Crippen LogP) is 4.57. The Balaban J connectivity index is 1.53. The number of hydrogen-bond donors (Lipinski definition) is 0. The van der Waals surface area contributed by atoms with Crippen molar-refractivity contribution in [3.63, 3.8) is 0 Å². The molecule has 1 saturated carbocycles. The van der Waals surface area contributed by atoms with Gasteiger partial charge in [0.1, 0.15) is 11.6 Å². The Bertz CT molecular complexity index is 923. The number of thiophene rings is 1. The summed E-state index contributed by atoms with van der Waals surface area (Å²) in [7, 11) is 0. The Labute approximate surface area is 153 Å². The Morgan fingerprint density at radius 2 is 2.20 bits per heavy atom. The summed E-state index contributed by atoms with van der Waals surface area (Å²) in [6, 6.07) is 11.2. The third-order valence-electron chi connectivity index (χ3n) is 4.10. The van der Waals surface area contributed by atoms with E-state index in [9.17, 15) is 4.39 Å². The number of benzene rings is 1. The second kappa shape index (κ2) is 6.98. The van der Waals surface area contributed by atoms with E-state index in [0.29, 0.717) is 22.9 Å². The molecule has 1 aliphatic rings. The molecule has 2 aromatic heterocycles. The van der Waals surface area contributed by atoms with E-state index >= 15 is 0 Å². The number of nitriles is 1. The molecule has 0 saturated heterocycles. The molecule has 0 aliphatic heterocycles. The van der Waals surface area contributed by atoms with E-state index < -0.39 is 0 Å². The maximum atomic E-state index is 14.1. The molecule has 3 aromatic rings. The first-order valence-corrected chi connectivity index (χ1v) is 9.88. The largest absolute Gasteiger partial charge is 0.303 e. The standard InChI is InChI=1S/C18H15FN4S2/c19-16-8-12(10-20)3-4-13(16)11-25-18-22-21-17(23(18)14-5-6-14)9-15-2-1-7-24-15/h1-4,7-8,14H,5-6,9,11H2. The third-order valence-corrected chi connectivity index (χ3v) is 5.97. The van der Waals surface area contributed by atoms with Gasteiger partial charge in [-0.2, -0.15) is 5.26 Å². The Morgan fingerprint density at radius 1 is 1.32 bits per heavy atom. The van der Waals surface area contributed by atoms with Crippen LogP contribution in [0, 0.1) is 17.1 Å². The van der Waals surface area contributed by atoms with Crippen molar-refractivity contribution in [3.05, 3.63) is 63.4 Å². The first kappa shape index (κ1) is 16.3. The highest BCUT2D eigenvalue weighted by Gasteiger charge is 2.29. The van der Waals surface area contributed by atoms with E-state index in [2.05, 4.69) is 26.2 Å². The van der Waals surface area contributed by atoms with Gasteiger partial charge in [0.05, 0.1) is 11.6 Å². The van der Waals surface area contributed by atoms with Gasteiger partial charge >= 0.3 is 0 Å². The summed E-state index contributed by atoms with van der Waals surface area (Å²) in [4.78, 5) is 1.27. The first-order chi connectivity index (χ1) is 12.2. The number of thioether (sulfide) groups is 1. The van der Waals surface area contributed by atoms with E-state index in [1.54, 1.807) is 23.5 Å². The van der Waals surface area contributed by atoms with Crippen LogP contribution in [0.2, 0.25) is 0 Å². The monoisotopic (exact) mass is 370 g/mol. The zero-order valence-electron chi connectivity index (χ0n) is 13.4. The van der Waals surface area contributed by atoms with E-state index in [4.69, 9.17) is 5.26 Å².